The first-order valence-electron chi connectivity index (χ1n) is 9.66. The summed E-state index contributed by atoms with van der Waals surface area (Å²) in [6, 6.07) is 16.0. The summed E-state index contributed by atoms with van der Waals surface area (Å²) in [5, 5.41) is 2.95. The molecule has 0 atom stereocenters. The number of carbonyl (C=O) groups is 3. The topological polar surface area (TPSA) is 75.7 Å². The number of hydrogen-bond donors (Lipinski definition) is 1. The molecule has 1 N–H and O–H groups in total. The average Bonchev–Trinajstić information content (AvgIpc) is 2.77. The van der Waals surface area contributed by atoms with Gasteiger partial charge in [-0.3, -0.25) is 14.9 Å². The number of rotatable bonds is 5. The number of anilines is 1. The van der Waals surface area contributed by atoms with Gasteiger partial charge in [-0.25, -0.2) is 14.1 Å². The molecule has 1 aliphatic rings. The molecule has 166 valence electrons. The molecule has 1 aliphatic heterocycles. The summed E-state index contributed by atoms with van der Waals surface area (Å²) in [6.07, 6.45) is 1.25. The number of para-hydroxylation sites is 1. The second kappa shape index (κ2) is 9.44. The van der Waals surface area contributed by atoms with Crippen molar-refractivity contribution in [3.63, 3.8) is 0 Å². The van der Waals surface area contributed by atoms with Gasteiger partial charge < -0.3 is 4.74 Å². The fourth-order valence-electron chi connectivity index (χ4n) is 3.22. The van der Waals surface area contributed by atoms with Crippen molar-refractivity contribution in [1.29, 1.82) is 0 Å². The number of barbiturate groups is 1. The molecule has 4 rings (SSSR count). The summed E-state index contributed by atoms with van der Waals surface area (Å²) in [4.78, 5) is 38.4. The van der Waals surface area contributed by atoms with E-state index in [9.17, 15) is 18.8 Å². The van der Waals surface area contributed by atoms with Crippen molar-refractivity contribution in [2.24, 2.45) is 0 Å². The monoisotopic (exact) mass is 484 g/mol. The second-order valence-electron chi connectivity index (χ2n) is 7.01. The number of halogens is 3. The lowest BCUT2D eigenvalue weighted by Crippen LogP contribution is -2.54. The van der Waals surface area contributed by atoms with E-state index in [1.807, 2.05) is 6.07 Å². The third-order valence-corrected chi connectivity index (χ3v) is 5.22. The molecule has 0 unspecified atom stereocenters. The second-order valence-corrected chi connectivity index (χ2v) is 7.88. The van der Waals surface area contributed by atoms with Gasteiger partial charge in [-0.2, -0.15) is 0 Å². The molecule has 0 spiro atoms. The van der Waals surface area contributed by atoms with Crippen molar-refractivity contribution in [2.75, 3.05) is 4.90 Å². The third kappa shape index (κ3) is 4.89. The smallest absolute Gasteiger partial charge is 0.336 e. The van der Waals surface area contributed by atoms with Crippen molar-refractivity contribution in [2.45, 2.75) is 6.61 Å². The van der Waals surface area contributed by atoms with E-state index in [-0.39, 0.29) is 17.9 Å². The van der Waals surface area contributed by atoms with Gasteiger partial charge in [0.25, 0.3) is 11.8 Å². The zero-order valence-corrected chi connectivity index (χ0v) is 18.4. The summed E-state index contributed by atoms with van der Waals surface area (Å²) in [6.45, 7) is 0.165. The molecule has 1 heterocycles. The number of imide groups is 2. The Morgan fingerprint density at radius 2 is 1.70 bits per heavy atom. The van der Waals surface area contributed by atoms with Gasteiger partial charge in [0.15, 0.2) is 0 Å². The van der Waals surface area contributed by atoms with Crippen LogP contribution in [-0.4, -0.2) is 17.8 Å². The minimum Gasteiger partial charge on any atom is -0.488 e. The van der Waals surface area contributed by atoms with Crippen LogP contribution in [-0.2, 0) is 16.2 Å². The number of urea groups is 1. The zero-order valence-electron chi connectivity index (χ0n) is 16.8. The van der Waals surface area contributed by atoms with Crippen molar-refractivity contribution in [3.05, 3.63) is 99.3 Å². The molecule has 1 fully saturated rings. The Morgan fingerprint density at radius 3 is 2.45 bits per heavy atom. The van der Waals surface area contributed by atoms with Gasteiger partial charge in [-0.1, -0.05) is 47.5 Å². The molecule has 0 saturated carbocycles. The molecule has 4 amide bonds. The number of nitrogens with zero attached hydrogens (tertiary/aromatic N) is 1. The lowest BCUT2D eigenvalue weighted by Gasteiger charge is -2.26. The van der Waals surface area contributed by atoms with E-state index in [4.69, 9.17) is 27.9 Å². The van der Waals surface area contributed by atoms with E-state index in [0.29, 0.717) is 26.3 Å². The number of hydrogen-bond acceptors (Lipinski definition) is 4. The Bertz CT molecular complexity index is 1310. The molecular weight excluding hydrogens is 470 g/mol. The van der Waals surface area contributed by atoms with Crippen LogP contribution in [0.1, 0.15) is 11.1 Å². The number of benzene rings is 3. The average molecular weight is 485 g/mol. The maximum absolute atomic E-state index is 14.3. The minimum atomic E-state index is -1.05. The third-order valence-electron chi connectivity index (χ3n) is 4.75. The molecule has 0 bridgehead atoms. The number of nitrogens with one attached hydrogen (secondary N) is 1. The molecule has 0 aliphatic carbocycles. The quantitative estimate of drug-likeness (QED) is 0.389. The highest BCUT2D eigenvalue weighted by atomic mass is 35.5. The predicted octanol–water partition coefficient (Wildman–Crippen LogP) is 5.38. The lowest BCUT2D eigenvalue weighted by atomic mass is 10.1. The first-order valence-corrected chi connectivity index (χ1v) is 10.4. The fourth-order valence-corrected chi connectivity index (χ4v) is 3.61. The van der Waals surface area contributed by atoms with Gasteiger partial charge in [0.1, 0.15) is 23.7 Å². The molecule has 6 nitrogen and oxygen atoms in total. The first kappa shape index (κ1) is 22.5. The van der Waals surface area contributed by atoms with E-state index in [1.165, 1.54) is 30.3 Å². The Morgan fingerprint density at radius 1 is 0.939 bits per heavy atom. The van der Waals surface area contributed by atoms with E-state index in [1.54, 1.807) is 30.3 Å². The van der Waals surface area contributed by atoms with Gasteiger partial charge in [-0.15, -0.1) is 0 Å². The highest BCUT2D eigenvalue weighted by Gasteiger charge is 2.38. The van der Waals surface area contributed by atoms with Crippen LogP contribution < -0.4 is 15.0 Å². The molecule has 33 heavy (non-hydrogen) atoms. The highest BCUT2D eigenvalue weighted by molar-refractivity contribution is 6.39. The van der Waals surface area contributed by atoms with E-state index in [2.05, 4.69) is 5.32 Å². The normalized spacial score (nSPS) is 15.1. The van der Waals surface area contributed by atoms with Crippen molar-refractivity contribution < 1.29 is 23.5 Å². The summed E-state index contributed by atoms with van der Waals surface area (Å²) < 4.78 is 20.1. The standard InChI is InChI=1S/C24H15Cl2FN2O4/c25-16-5-3-4-14(10-16)13-33-21-9-8-17(26)11-15(21)12-18-22(30)28-24(32)29(23(18)31)20-7-2-1-6-19(20)27/h1-12H,13H2,(H,28,30,32)/b18-12-. The molecule has 0 aromatic heterocycles. The molecule has 3 aromatic carbocycles. The van der Waals surface area contributed by atoms with Crippen LogP contribution in [0.25, 0.3) is 6.08 Å². The molecule has 9 heteroatoms. The van der Waals surface area contributed by atoms with E-state index in [0.717, 1.165) is 11.6 Å². The minimum absolute atomic E-state index is 0.165. The Hall–Kier alpha value is -3.68. The van der Waals surface area contributed by atoms with E-state index < -0.39 is 23.7 Å². The summed E-state index contributed by atoms with van der Waals surface area (Å²) >= 11 is 12.1. The van der Waals surface area contributed by atoms with Crippen LogP contribution >= 0.6 is 23.2 Å². The predicted molar refractivity (Wildman–Crippen MR) is 123 cm³/mol. The van der Waals surface area contributed by atoms with Gasteiger partial charge in [0.2, 0.25) is 0 Å². The van der Waals surface area contributed by atoms with Gasteiger partial charge in [-0.05, 0) is 54.1 Å². The summed E-state index contributed by atoms with van der Waals surface area (Å²) in [7, 11) is 0. The molecule has 3 aromatic rings. The summed E-state index contributed by atoms with van der Waals surface area (Å²) in [5.74, 6) is -2.35. The van der Waals surface area contributed by atoms with Crippen LogP contribution in [0, 0.1) is 5.82 Å². The maximum atomic E-state index is 14.3. The van der Waals surface area contributed by atoms with Gasteiger partial charge in [0.05, 0.1) is 5.69 Å². The highest BCUT2D eigenvalue weighted by Crippen LogP contribution is 2.29. The van der Waals surface area contributed by atoms with Crippen molar-refractivity contribution >= 4 is 52.8 Å². The van der Waals surface area contributed by atoms with Gasteiger partial charge >= 0.3 is 6.03 Å². The summed E-state index contributed by atoms with van der Waals surface area (Å²) in [5.41, 5.74) is 0.472. The Labute approximate surface area is 198 Å². The Balaban J connectivity index is 1.69. The fraction of sp³-hybridized carbons (Fsp3) is 0.0417. The van der Waals surface area contributed by atoms with Crippen LogP contribution in [0.5, 0.6) is 5.75 Å². The SMILES string of the molecule is O=C1NC(=O)N(c2ccccc2F)C(=O)/C1=C\c1cc(Cl)ccc1OCc1cccc(Cl)c1. The van der Waals surface area contributed by atoms with Crippen LogP contribution in [0.15, 0.2) is 72.3 Å². The molecule has 0 radical (unpaired) electrons. The van der Waals surface area contributed by atoms with E-state index >= 15 is 0 Å². The maximum Gasteiger partial charge on any atom is 0.336 e. The van der Waals surface area contributed by atoms with Crippen LogP contribution in [0.2, 0.25) is 10.0 Å². The molecular formula is C24H15Cl2FN2O4. The molecule has 1 saturated heterocycles. The number of carbonyl (C=O) groups excluding carboxylic acids is 3. The number of amides is 4. The van der Waals surface area contributed by atoms with Crippen molar-refractivity contribution in [1.82, 2.24) is 5.32 Å². The van der Waals surface area contributed by atoms with Crippen LogP contribution in [0.4, 0.5) is 14.9 Å². The van der Waals surface area contributed by atoms with Gasteiger partial charge in [0, 0.05) is 15.6 Å². The number of ether oxygens (including phenoxy) is 1. The zero-order chi connectivity index (χ0) is 23.5. The first-order chi connectivity index (χ1) is 15.8. The van der Waals surface area contributed by atoms with Crippen molar-refractivity contribution in [3.8, 4) is 5.75 Å². The lowest BCUT2D eigenvalue weighted by molar-refractivity contribution is -0.122. The Kier molecular flexibility index (Phi) is 6.44. The van der Waals surface area contributed by atoms with Crippen LogP contribution in [0.3, 0.4) is 0 Å². The largest absolute Gasteiger partial charge is 0.488 e.